The summed E-state index contributed by atoms with van der Waals surface area (Å²) in [5.74, 6) is 0. The molecule has 0 amide bonds. The first-order valence-corrected chi connectivity index (χ1v) is 7.92. The van der Waals surface area contributed by atoms with Gasteiger partial charge in [-0.1, -0.05) is 52.3 Å². The fourth-order valence-electron chi connectivity index (χ4n) is 2.12. The average molecular weight is 366 g/mol. The van der Waals surface area contributed by atoms with Crippen molar-refractivity contribution in [1.82, 2.24) is 5.32 Å². The first-order chi connectivity index (χ1) is 10.6. The van der Waals surface area contributed by atoms with Crippen molar-refractivity contribution >= 4 is 15.9 Å². The molecule has 0 radical (unpaired) electrons. The molecular formula is C17H20BrNO3. The standard InChI is InChI=1S/C17H20BrNO3/c18-15-7-5-13(6-8-15)12-1-3-14(4-2-12)17(22)9-19-16(10-20)11-21/h1-8,16-17,19-22H,9-11H2/t17-/m0/s1. The molecule has 0 bridgehead atoms. The molecule has 0 aliphatic rings. The van der Waals surface area contributed by atoms with Crippen LogP contribution in [-0.4, -0.2) is 41.1 Å². The molecule has 4 nitrogen and oxygen atoms in total. The Hall–Kier alpha value is -1.24. The van der Waals surface area contributed by atoms with E-state index in [1.807, 2.05) is 48.5 Å². The summed E-state index contributed by atoms with van der Waals surface area (Å²) >= 11 is 3.41. The molecule has 2 rings (SSSR count). The molecule has 0 aliphatic heterocycles. The molecule has 0 saturated carbocycles. The maximum absolute atomic E-state index is 10.1. The van der Waals surface area contributed by atoms with Crippen molar-refractivity contribution < 1.29 is 15.3 Å². The van der Waals surface area contributed by atoms with Gasteiger partial charge in [0, 0.05) is 11.0 Å². The van der Waals surface area contributed by atoms with E-state index in [0.717, 1.165) is 21.2 Å². The Morgan fingerprint density at radius 1 is 0.864 bits per heavy atom. The van der Waals surface area contributed by atoms with Crippen molar-refractivity contribution in [2.75, 3.05) is 19.8 Å². The number of rotatable bonds is 7. The summed E-state index contributed by atoms with van der Waals surface area (Å²) in [6.07, 6.45) is -0.681. The highest BCUT2D eigenvalue weighted by molar-refractivity contribution is 9.10. The fourth-order valence-corrected chi connectivity index (χ4v) is 2.39. The lowest BCUT2D eigenvalue weighted by Gasteiger charge is -2.17. The predicted molar refractivity (Wildman–Crippen MR) is 90.5 cm³/mol. The van der Waals surface area contributed by atoms with Gasteiger partial charge in [-0.25, -0.2) is 0 Å². The molecule has 0 unspecified atom stereocenters. The number of hydrogen-bond donors (Lipinski definition) is 4. The minimum Gasteiger partial charge on any atom is -0.395 e. The number of benzene rings is 2. The molecule has 2 aromatic carbocycles. The third-order valence-electron chi connectivity index (χ3n) is 3.51. The molecule has 4 N–H and O–H groups in total. The van der Waals surface area contributed by atoms with Gasteiger partial charge in [0.25, 0.3) is 0 Å². The topological polar surface area (TPSA) is 72.7 Å². The lowest BCUT2D eigenvalue weighted by atomic mass is 10.0. The van der Waals surface area contributed by atoms with Gasteiger partial charge in [-0.05, 0) is 28.8 Å². The molecular weight excluding hydrogens is 346 g/mol. The van der Waals surface area contributed by atoms with Crippen molar-refractivity contribution in [1.29, 1.82) is 0 Å². The number of aliphatic hydroxyl groups excluding tert-OH is 3. The molecule has 1 atom stereocenters. The van der Waals surface area contributed by atoms with Gasteiger partial charge in [-0.2, -0.15) is 0 Å². The van der Waals surface area contributed by atoms with Crippen LogP contribution in [0.1, 0.15) is 11.7 Å². The summed E-state index contributed by atoms with van der Waals surface area (Å²) in [5, 5.41) is 31.0. The summed E-state index contributed by atoms with van der Waals surface area (Å²) in [7, 11) is 0. The van der Waals surface area contributed by atoms with Crippen LogP contribution in [0.15, 0.2) is 53.0 Å². The van der Waals surface area contributed by atoms with Crippen molar-refractivity contribution in [2.24, 2.45) is 0 Å². The lowest BCUT2D eigenvalue weighted by molar-refractivity contribution is 0.135. The Morgan fingerprint density at radius 2 is 1.36 bits per heavy atom. The third kappa shape index (κ3) is 4.63. The van der Waals surface area contributed by atoms with Crippen molar-refractivity contribution in [3.8, 4) is 11.1 Å². The smallest absolute Gasteiger partial charge is 0.0914 e. The summed E-state index contributed by atoms with van der Waals surface area (Å²) in [4.78, 5) is 0. The van der Waals surface area contributed by atoms with Gasteiger partial charge in [0.1, 0.15) is 0 Å². The minimum atomic E-state index is -0.681. The Morgan fingerprint density at radius 3 is 1.86 bits per heavy atom. The zero-order valence-electron chi connectivity index (χ0n) is 12.1. The Labute approximate surface area is 138 Å². The lowest BCUT2D eigenvalue weighted by Crippen LogP contribution is -2.38. The van der Waals surface area contributed by atoms with Crippen LogP contribution in [0.2, 0.25) is 0 Å². The van der Waals surface area contributed by atoms with E-state index in [0.29, 0.717) is 0 Å². The zero-order chi connectivity index (χ0) is 15.9. The maximum Gasteiger partial charge on any atom is 0.0914 e. The van der Waals surface area contributed by atoms with Crippen LogP contribution in [0, 0.1) is 0 Å². The molecule has 0 aromatic heterocycles. The van der Waals surface area contributed by atoms with Crippen LogP contribution in [0.4, 0.5) is 0 Å². The van der Waals surface area contributed by atoms with E-state index in [1.54, 1.807) is 0 Å². The molecule has 2 aromatic rings. The molecule has 22 heavy (non-hydrogen) atoms. The van der Waals surface area contributed by atoms with Crippen LogP contribution >= 0.6 is 15.9 Å². The van der Waals surface area contributed by atoms with Gasteiger partial charge >= 0.3 is 0 Å². The highest BCUT2D eigenvalue weighted by Crippen LogP contribution is 2.23. The Balaban J connectivity index is 2.00. The van der Waals surface area contributed by atoms with E-state index >= 15 is 0 Å². The van der Waals surface area contributed by atoms with Crippen LogP contribution < -0.4 is 5.32 Å². The molecule has 0 fully saturated rings. The molecule has 5 heteroatoms. The minimum absolute atomic E-state index is 0.161. The van der Waals surface area contributed by atoms with E-state index in [-0.39, 0.29) is 19.8 Å². The molecule has 0 heterocycles. The number of nitrogens with one attached hydrogen (secondary N) is 1. The number of aliphatic hydroxyl groups is 3. The average Bonchev–Trinajstić information content (AvgIpc) is 2.56. The monoisotopic (exact) mass is 365 g/mol. The van der Waals surface area contributed by atoms with Gasteiger partial charge < -0.3 is 20.6 Å². The van der Waals surface area contributed by atoms with E-state index in [1.165, 1.54) is 0 Å². The predicted octanol–water partition coefficient (Wildman–Crippen LogP) is 2.09. The van der Waals surface area contributed by atoms with Crippen LogP contribution in [0.3, 0.4) is 0 Å². The van der Waals surface area contributed by atoms with E-state index in [9.17, 15) is 5.11 Å². The fraction of sp³-hybridized carbons (Fsp3) is 0.294. The van der Waals surface area contributed by atoms with Crippen LogP contribution in [-0.2, 0) is 0 Å². The second-order valence-electron chi connectivity index (χ2n) is 5.12. The Bertz CT molecular complexity index is 567. The molecule has 0 saturated heterocycles. The van der Waals surface area contributed by atoms with Crippen LogP contribution in [0.25, 0.3) is 11.1 Å². The van der Waals surface area contributed by atoms with Crippen molar-refractivity contribution in [2.45, 2.75) is 12.1 Å². The van der Waals surface area contributed by atoms with Gasteiger partial charge in [-0.15, -0.1) is 0 Å². The second-order valence-corrected chi connectivity index (χ2v) is 6.03. The van der Waals surface area contributed by atoms with E-state index in [2.05, 4.69) is 21.2 Å². The second kappa shape index (κ2) is 8.41. The first kappa shape index (κ1) is 17.1. The molecule has 0 spiro atoms. The molecule has 118 valence electrons. The highest BCUT2D eigenvalue weighted by Gasteiger charge is 2.11. The summed E-state index contributed by atoms with van der Waals surface area (Å²) < 4.78 is 1.04. The maximum atomic E-state index is 10.1. The third-order valence-corrected chi connectivity index (χ3v) is 4.04. The van der Waals surface area contributed by atoms with Crippen LogP contribution in [0.5, 0.6) is 0 Å². The Kier molecular flexibility index (Phi) is 6.54. The number of halogens is 1. The van der Waals surface area contributed by atoms with Crippen molar-refractivity contribution in [3.63, 3.8) is 0 Å². The summed E-state index contributed by atoms with van der Waals surface area (Å²) in [6.45, 7) is -0.0408. The normalized spacial score (nSPS) is 12.6. The van der Waals surface area contributed by atoms with Gasteiger partial charge in [-0.3, -0.25) is 0 Å². The summed E-state index contributed by atoms with van der Waals surface area (Å²) in [5.41, 5.74) is 2.99. The van der Waals surface area contributed by atoms with Gasteiger partial charge in [0.2, 0.25) is 0 Å². The van der Waals surface area contributed by atoms with E-state index in [4.69, 9.17) is 10.2 Å². The largest absolute Gasteiger partial charge is 0.395 e. The zero-order valence-corrected chi connectivity index (χ0v) is 13.7. The first-order valence-electron chi connectivity index (χ1n) is 7.13. The van der Waals surface area contributed by atoms with Crippen molar-refractivity contribution in [3.05, 3.63) is 58.6 Å². The quantitative estimate of drug-likeness (QED) is 0.606. The molecule has 0 aliphatic carbocycles. The number of hydrogen-bond acceptors (Lipinski definition) is 4. The highest BCUT2D eigenvalue weighted by atomic mass is 79.9. The van der Waals surface area contributed by atoms with Gasteiger partial charge in [0.15, 0.2) is 0 Å². The van der Waals surface area contributed by atoms with E-state index < -0.39 is 12.1 Å². The summed E-state index contributed by atoms with van der Waals surface area (Å²) in [6, 6.07) is 15.4. The SMILES string of the molecule is OCC(CO)NC[C@H](O)c1ccc(-c2ccc(Br)cc2)cc1. The van der Waals surface area contributed by atoms with Gasteiger partial charge in [0.05, 0.1) is 25.4 Å².